The first-order valence-corrected chi connectivity index (χ1v) is 11.0. The van der Waals surface area contributed by atoms with Crippen LogP contribution in [0.4, 0.5) is 5.69 Å². The average Bonchev–Trinajstić information content (AvgIpc) is 3.02. The van der Waals surface area contributed by atoms with Crippen molar-refractivity contribution in [2.24, 2.45) is 0 Å². The van der Waals surface area contributed by atoms with E-state index < -0.39 is 25.8 Å². The standard InChI is InChI=1S/C15H15ClN4O4S2/c16-12-1-3-15(4-2-12)26(23,24)18-8-10-25(21,22)19-13-6-9-20-14(11-13)5-7-17-20/h1-7,9,11,18-19H,8,10H2. The lowest BCUT2D eigenvalue weighted by Crippen LogP contribution is -2.31. The number of benzene rings is 1. The molecule has 11 heteroatoms. The van der Waals surface area contributed by atoms with Gasteiger partial charge in [-0.3, -0.25) is 4.72 Å². The highest BCUT2D eigenvalue weighted by molar-refractivity contribution is 7.92. The Bertz CT molecular complexity index is 1130. The SMILES string of the molecule is O=S(=O)(CCNS(=O)(=O)c1ccc(Cl)cc1)Nc1ccn2nccc2c1. The Morgan fingerprint density at radius 3 is 2.50 bits per heavy atom. The molecule has 138 valence electrons. The smallest absolute Gasteiger partial charge is 0.240 e. The van der Waals surface area contributed by atoms with Crippen LogP contribution in [-0.2, 0) is 20.0 Å². The lowest BCUT2D eigenvalue weighted by Gasteiger charge is -2.10. The molecular weight excluding hydrogens is 400 g/mol. The number of halogens is 1. The van der Waals surface area contributed by atoms with Gasteiger partial charge < -0.3 is 0 Å². The third kappa shape index (κ3) is 4.52. The monoisotopic (exact) mass is 414 g/mol. The fraction of sp³-hybridized carbons (Fsp3) is 0.133. The number of aromatic nitrogens is 2. The van der Waals surface area contributed by atoms with Gasteiger partial charge in [0.25, 0.3) is 0 Å². The van der Waals surface area contributed by atoms with E-state index >= 15 is 0 Å². The van der Waals surface area contributed by atoms with Crippen LogP contribution >= 0.6 is 11.6 Å². The molecule has 0 fully saturated rings. The predicted octanol–water partition coefficient (Wildman–Crippen LogP) is 1.71. The summed E-state index contributed by atoms with van der Waals surface area (Å²) in [7, 11) is -7.53. The zero-order valence-electron chi connectivity index (χ0n) is 13.3. The molecule has 2 N–H and O–H groups in total. The minimum absolute atomic E-state index is 0.0124. The molecule has 0 atom stereocenters. The van der Waals surface area contributed by atoms with Crippen molar-refractivity contribution >= 4 is 42.9 Å². The van der Waals surface area contributed by atoms with Gasteiger partial charge in [0.15, 0.2) is 0 Å². The second kappa shape index (κ2) is 7.23. The summed E-state index contributed by atoms with van der Waals surface area (Å²) >= 11 is 5.72. The first-order chi connectivity index (χ1) is 12.3. The van der Waals surface area contributed by atoms with Gasteiger partial charge in [0.1, 0.15) is 0 Å². The first kappa shape index (κ1) is 18.6. The number of hydrogen-bond acceptors (Lipinski definition) is 5. The van der Waals surface area contributed by atoms with E-state index in [-0.39, 0.29) is 11.4 Å². The van der Waals surface area contributed by atoms with Crippen molar-refractivity contribution in [1.29, 1.82) is 0 Å². The highest BCUT2D eigenvalue weighted by Gasteiger charge is 2.16. The number of anilines is 1. The quantitative estimate of drug-likeness (QED) is 0.611. The number of fused-ring (bicyclic) bond motifs is 1. The van der Waals surface area contributed by atoms with Gasteiger partial charge >= 0.3 is 0 Å². The number of sulfonamides is 2. The molecule has 2 heterocycles. The predicted molar refractivity (Wildman–Crippen MR) is 99.2 cm³/mol. The maximum absolute atomic E-state index is 12.2. The molecule has 0 aliphatic heterocycles. The fourth-order valence-electron chi connectivity index (χ4n) is 2.22. The van der Waals surface area contributed by atoms with Crippen molar-refractivity contribution in [2.75, 3.05) is 17.0 Å². The number of pyridine rings is 1. The van der Waals surface area contributed by atoms with E-state index in [9.17, 15) is 16.8 Å². The van der Waals surface area contributed by atoms with Crippen molar-refractivity contribution in [3.63, 3.8) is 0 Å². The zero-order valence-corrected chi connectivity index (χ0v) is 15.7. The van der Waals surface area contributed by atoms with Gasteiger partial charge in [0.2, 0.25) is 20.0 Å². The molecular formula is C15H15ClN4O4S2. The Morgan fingerprint density at radius 1 is 1.04 bits per heavy atom. The molecule has 8 nitrogen and oxygen atoms in total. The van der Waals surface area contributed by atoms with Crippen LogP contribution in [0.2, 0.25) is 5.02 Å². The second-order valence-electron chi connectivity index (χ2n) is 5.39. The van der Waals surface area contributed by atoms with E-state index in [1.165, 1.54) is 24.3 Å². The molecule has 0 aliphatic carbocycles. The van der Waals surface area contributed by atoms with Gasteiger partial charge in [0, 0.05) is 24.0 Å². The van der Waals surface area contributed by atoms with Crippen LogP contribution in [0.3, 0.4) is 0 Å². The summed E-state index contributed by atoms with van der Waals surface area (Å²) in [5.41, 5.74) is 1.10. The fourth-order valence-corrected chi connectivity index (χ4v) is 4.47. The Morgan fingerprint density at radius 2 is 1.77 bits per heavy atom. The second-order valence-corrected chi connectivity index (χ2v) is 9.43. The summed E-state index contributed by atoms with van der Waals surface area (Å²) in [6.07, 6.45) is 3.22. The van der Waals surface area contributed by atoms with Gasteiger partial charge in [0.05, 0.1) is 21.9 Å². The van der Waals surface area contributed by atoms with Crippen LogP contribution in [0.1, 0.15) is 0 Å². The van der Waals surface area contributed by atoms with E-state index in [0.717, 1.165) is 5.52 Å². The summed E-state index contributed by atoms with van der Waals surface area (Å²) in [4.78, 5) is 0.0124. The minimum Gasteiger partial charge on any atom is -0.283 e. The normalized spacial score (nSPS) is 12.3. The van der Waals surface area contributed by atoms with E-state index in [2.05, 4.69) is 14.5 Å². The molecule has 3 aromatic rings. The van der Waals surface area contributed by atoms with Crippen molar-refractivity contribution in [1.82, 2.24) is 14.3 Å². The molecule has 0 saturated carbocycles. The van der Waals surface area contributed by atoms with Crippen molar-refractivity contribution in [3.05, 3.63) is 59.9 Å². The van der Waals surface area contributed by atoms with Gasteiger partial charge in [-0.15, -0.1) is 0 Å². The molecule has 0 aliphatic rings. The third-order valence-electron chi connectivity index (χ3n) is 3.46. The van der Waals surface area contributed by atoms with Crippen LogP contribution < -0.4 is 9.44 Å². The number of nitrogens with zero attached hydrogens (tertiary/aromatic N) is 2. The van der Waals surface area contributed by atoms with Crippen LogP contribution in [0.15, 0.2) is 59.8 Å². The van der Waals surface area contributed by atoms with Crippen LogP contribution in [-0.4, -0.2) is 38.7 Å². The van der Waals surface area contributed by atoms with E-state index in [1.54, 1.807) is 35.1 Å². The van der Waals surface area contributed by atoms with Gasteiger partial charge in [-0.1, -0.05) is 11.6 Å². The van der Waals surface area contributed by atoms with Crippen molar-refractivity contribution in [2.45, 2.75) is 4.90 Å². The molecule has 0 radical (unpaired) electrons. The van der Waals surface area contributed by atoms with Crippen molar-refractivity contribution in [3.8, 4) is 0 Å². The van der Waals surface area contributed by atoms with E-state index in [0.29, 0.717) is 10.7 Å². The Kier molecular flexibility index (Phi) is 5.19. The highest BCUT2D eigenvalue weighted by Crippen LogP contribution is 2.15. The number of hydrogen-bond donors (Lipinski definition) is 2. The topological polar surface area (TPSA) is 110 Å². The highest BCUT2D eigenvalue weighted by atomic mass is 35.5. The van der Waals surface area contributed by atoms with Crippen LogP contribution in [0, 0.1) is 0 Å². The molecule has 0 amide bonds. The summed E-state index contributed by atoms with van der Waals surface area (Å²) in [5.74, 6) is -0.412. The largest absolute Gasteiger partial charge is 0.283 e. The molecule has 0 unspecified atom stereocenters. The van der Waals surface area contributed by atoms with Gasteiger partial charge in [-0.2, -0.15) is 5.10 Å². The Hall–Kier alpha value is -2.14. The van der Waals surface area contributed by atoms with Crippen molar-refractivity contribution < 1.29 is 16.8 Å². The molecule has 0 spiro atoms. The maximum atomic E-state index is 12.2. The van der Waals surface area contributed by atoms with Crippen LogP contribution in [0.5, 0.6) is 0 Å². The summed E-state index contributed by atoms with van der Waals surface area (Å²) < 4.78 is 54.8. The Balaban J connectivity index is 1.61. The Labute approximate surface area is 155 Å². The molecule has 0 saturated heterocycles. The summed E-state index contributed by atoms with van der Waals surface area (Å²) in [6, 6.07) is 10.5. The number of nitrogens with one attached hydrogen (secondary N) is 2. The third-order valence-corrected chi connectivity index (χ3v) is 6.48. The van der Waals surface area contributed by atoms with E-state index in [4.69, 9.17) is 11.6 Å². The average molecular weight is 415 g/mol. The van der Waals surface area contributed by atoms with Crippen LogP contribution in [0.25, 0.3) is 5.52 Å². The lowest BCUT2D eigenvalue weighted by molar-refractivity contribution is 0.582. The van der Waals surface area contributed by atoms with Gasteiger partial charge in [-0.25, -0.2) is 26.1 Å². The molecule has 26 heavy (non-hydrogen) atoms. The summed E-state index contributed by atoms with van der Waals surface area (Å²) in [6.45, 7) is -0.269. The zero-order chi connectivity index (χ0) is 18.8. The first-order valence-electron chi connectivity index (χ1n) is 7.44. The lowest BCUT2D eigenvalue weighted by atomic mass is 10.4. The number of rotatable bonds is 7. The van der Waals surface area contributed by atoms with Gasteiger partial charge in [-0.05, 0) is 42.5 Å². The molecule has 1 aromatic carbocycles. The molecule has 0 bridgehead atoms. The molecule has 2 aromatic heterocycles. The molecule has 3 rings (SSSR count). The maximum Gasteiger partial charge on any atom is 0.240 e. The summed E-state index contributed by atoms with van der Waals surface area (Å²) in [5, 5.41) is 4.43. The minimum atomic E-state index is -3.81. The van der Waals surface area contributed by atoms with E-state index in [1.807, 2.05) is 0 Å².